The van der Waals surface area contributed by atoms with Crippen molar-refractivity contribution in [1.82, 2.24) is 0 Å². The van der Waals surface area contributed by atoms with E-state index in [0.717, 1.165) is 30.6 Å². The summed E-state index contributed by atoms with van der Waals surface area (Å²) in [4.78, 5) is 0. The summed E-state index contributed by atoms with van der Waals surface area (Å²) < 4.78 is 5.85. The molecule has 0 heterocycles. The average molecular weight is 206 g/mol. The lowest BCUT2D eigenvalue weighted by atomic mass is 10.1. The highest BCUT2D eigenvalue weighted by molar-refractivity contribution is 5.36. The van der Waals surface area contributed by atoms with Gasteiger partial charge in [-0.2, -0.15) is 0 Å². The third-order valence-electron chi connectivity index (χ3n) is 3.04. The summed E-state index contributed by atoms with van der Waals surface area (Å²) in [5, 5.41) is 9.69. The van der Waals surface area contributed by atoms with Gasteiger partial charge in [0.15, 0.2) is 0 Å². The first-order chi connectivity index (χ1) is 7.16. The third-order valence-corrected chi connectivity index (χ3v) is 3.04. The maximum Gasteiger partial charge on any atom is 0.124 e. The third kappa shape index (κ3) is 2.32. The van der Waals surface area contributed by atoms with E-state index in [1.165, 1.54) is 5.56 Å². The Hall–Kier alpha value is -1.02. The van der Waals surface area contributed by atoms with Gasteiger partial charge in [0.1, 0.15) is 11.9 Å². The molecule has 2 heteroatoms. The van der Waals surface area contributed by atoms with Gasteiger partial charge in [0, 0.05) is 0 Å². The van der Waals surface area contributed by atoms with Crippen LogP contribution in [0.4, 0.5) is 0 Å². The van der Waals surface area contributed by atoms with Crippen molar-refractivity contribution in [3.63, 3.8) is 0 Å². The molecule has 1 N–H and O–H groups in total. The van der Waals surface area contributed by atoms with Crippen molar-refractivity contribution in [1.29, 1.82) is 0 Å². The molecule has 2 atom stereocenters. The van der Waals surface area contributed by atoms with Crippen LogP contribution in [-0.2, 0) is 0 Å². The van der Waals surface area contributed by atoms with Crippen LogP contribution >= 0.6 is 0 Å². The van der Waals surface area contributed by atoms with Gasteiger partial charge in [-0.25, -0.2) is 0 Å². The van der Waals surface area contributed by atoms with Crippen LogP contribution in [0, 0.1) is 13.8 Å². The van der Waals surface area contributed by atoms with Crippen molar-refractivity contribution in [2.45, 2.75) is 45.3 Å². The van der Waals surface area contributed by atoms with E-state index in [9.17, 15) is 5.11 Å². The van der Waals surface area contributed by atoms with Gasteiger partial charge in [0.05, 0.1) is 6.10 Å². The number of rotatable bonds is 2. The van der Waals surface area contributed by atoms with Crippen LogP contribution in [0.25, 0.3) is 0 Å². The van der Waals surface area contributed by atoms with Crippen molar-refractivity contribution in [2.24, 2.45) is 0 Å². The number of ether oxygens (including phenoxy) is 1. The minimum Gasteiger partial charge on any atom is -0.487 e. The smallest absolute Gasteiger partial charge is 0.124 e. The molecular weight excluding hydrogens is 188 g/mol. The second kappa shape index (κ2) is 4.23. The number of aliphatic hydroxyl groups is 1. The predicted molar refractivity (Wildman–Crippen MR) is 60.2 cm³/mol. The normalized spacial score (nSPS) is 25.5. The molecular formula is C13H18O2. The molecule has 1 aromatic rings. The van der Waals surface area contributed by atoms with Crippen molar-refractivity contribution < 1.29 is 9.84 Å². The lowest BCUT2D eigenvalue weighted by Crippen LogP contribution is -2.25. The zero-order valence-electron chi connectivity index (χ0n) is 9.36. The van der Waals surface area contributed by atoms with E-state index in [4.69, 9.17) is 4.74 Å². The maximum atomic E-state index is 9.69. The van der Waals surface area contributed by atoms with Gasteiger partial charge in [-0.1, -0.05) is 12.1 Å². The zero-order chi connectivity index (χ0) is 10.8. The van der Waals surface area contributed by atoms with Crippen LogP contribution in [-0.4, -0.2) is 17.3 Å². The fourth-order valence-corrected chi connectivity index (χ4v) is 2.04. The Bertz CT molecular complexity index is 346. The highest BCUT2D eigenvalue weighted by Gasteiger charge is 2.27. The second-order valence-electron chi connectivity index (χ2n) is 4.42. The van der Waals surface area contributed by atoms with Crippen molar-refractivity contribution in [3.05, 3.63) is 29.3 Å². The molecule has 1 aliphatic carbocycles. The molecule has 2 nitrogen and oxygen atoms in total. The quantitative estimate of drug-likeness (QED) is 0.806. The SMILES string of the molecule is Cc1ccc(C)c(O[C@H]2CCC[C@@H]2O)c1. The number of aryl methyl sites for hydroxylation is 2. The average Bonchev–Trinajstić information content (AvgIpc) is 2.58. The van der Waals surface area contributed by atoms with E-state index in [1.807, 2.05) is 13.0 Å². The molecule has 2 rings (SSSR count). The van der Waals surface area contributed by atoms with Gasteiger partial charge in [0.25, 0.3) is 0 Å². The lowest BCUT2D eigenvalue weighted by molar-refractivity contribution is 0.0599. The Kier molecular flexibility index (Phi) is 2.96. The van der Waals surface area contributed by atoms with Gasteiger partial charge in [-0.15, -0.1) is 0 Å². The minimum atomic E-state index is -0.287. The van der Waals surface area contributed by atoms with Crippen LogP contribution < -0.4 is 4.74 Å². The molecule has 1 fully saturated rings. The lowest BCUT2D eigenvalue weighted by Gasteiger charge is -2.18. The Balaban J connectivity index is 2.12. The highest BCUT2D eigenvalue weighted by Crippen LogP contribution is 2.27. The van der Waals surface area contributed by atoms with Gasteiger partial charge in [-0.05, 0) is 50.3 Å². The van der Waals surface area contributed by atoms with Crippen molar-refractivity contribution in [2.75, 3.05) is 0 Å². The second-order valence-corrected chi connectivity index (χ2v) is 4.42. The van der Waals surface area contributed by atoms with Crippen LogP contribution in [0.3, 0.4) is 0 Å². The maximum absolute atomic E-state index is 9.69. The van der Waals surface area contributed by atoms with Gasteiger partial charge in [-0.3, -0.25) is 0 Å². The highest BCUT2D eigenvalue weighted by atomic mass is 16.5. The summed E-state index contributed by atoms with van der Waals surface area (Å²) in [6.07, 6.45) is 2.61. The molecule has 0 spiro atoms. The van der Waals surface area contributed by atoms with E-state index in [-0.39, 0.29) is 12.2 Å². The van der Waals surface area contributed by atoms with E-state index < -0.39 is 0 Å². The van der Waals surface area contributed by atoms with Gasteiger partial charge in [0.2, 0.25) is 0 Å². The fourth-order valence-electron chi connectivity index (χ4n) is 2.04. The Morgan fingerprint density at radius 3 is 2.73 bits per heavy atom. The Labute approximate surface area is 90.9 Å². The summed E-state index contributed by atoms with van der Waals surface area (Å²) in [6.45, 7) is 4.09. The van der Waals surface area contributed by atoms with Gasteiger partial charge < -0.3 is 9.84 Å². The molecule has 0 unspecified atom stereocenters. The first kappa shape index (κ1) is 10.5. The molecule has 0 bridgehead atoms. The fraction of sp³-hybridized carbons (Fsp3) is 0.538. The van der Waals surface area contributed by atoms with Crippen LogP contribution in [0.15, 0.2) is 18.2 Å². The Morgan fingerprint density at radius 1 is 1.27 bits per heavy atom. The van der Waals surface area contributed by atoms with E-state index in [1.54, 1.807) is 0 Å². The molecule has 1 aliphatic rings. The summed E-state index contributed by atoms with van der Waals surface area (Å²) in [5.41, 5.74) is 2.34. The van der Waals surface area contributed by atoms with Gasteiger partial charge >= 0.3 is 0 Å². The van der Waals surface area contributed by atoms with Crippen molar-refractivity contribution >= 4 is 0 Å². The molecule has 1 aromatic carbocycles. The van der Waals surface area contributed by atoms with Crippen LogP contribution in [0.5, 0.6) is 5.75 Å². The van der Waals surface area contributed by atoms with Crippen molar-refractivity contribution in [3.8, 4) is 5.75 Å². The molecule has 0 aliphatic heterocycles. The molecule has 0 saturated heterocycles. The first-order valence-corrected chi connectivity index (χ1v) is 5.59. The molecule has 1 saturated carbocycles. The standard InChI is InChI=1S/C13H18O2/c1-9-6-7-10(2)13(8-9)15-12-5-3-4-11(12)14/h6-8,11-12,14H,3-5H2,1-2H3/t11-,12-/m0/s1. The van der Waals surface area contributed by atoms with E-state index in [0.29, 0.717) is 0 Å². The molecule has 0 amide bonds. The molecule has 0 radical (unpaired) electrons. The number of benzene rings is 1. The molecule has 0 aromatic heterocycles. The topological polar surface area (TPSA) is 29.5 Å². The summed E-state index contributed by atoms with van der Waals surface area (Å²) in [6, 6.07) is 6.18. The summed E-state index contributed by atoms with van der Waals surface area (Å²) in [7, 11) is 0. The van der Waals surface area contributed by atoms with E-state index >= 15 is 0 Å². The first-order valence-electron chi connectivity index (χ1n) is 5.59. The Morgan fingerprint density at radius 2 is 2.07 bits per heavy atom. The monoisotopic (exact) mass is 206 g/mol. The zero-order valence-corrected chi connectivity index (χ0v) is 9.36. The minimum absolute atomic E-state index is 0.00880. The van der Waals surface area contributed by atoms with Crippen LogP contribution in [0.2, 0.25) is 0 Å². The summed E-state index contributed by atoms with van der Waals surface area (Å²) >= 11 is 0. The van der Waals surface area contributed by atoms with Crippen LogP contribution in [0.1, 0.15) is 30.4 Å². The number of aliphatic hydroxyl groups excluding tert-OH is 1. The summed E-state index contributed by atoms with van der Waals surface area (Å²) in [5.74, 6) is 0.918. The van der Waals surface area contributed by atoms with E-state index in [2.05, 4.69) is 19.1 Å². The molecule has 15 heavy (non-hydrogen) atoms. The largest absolute Gasteiger partial charge is 0.487 e. The number of hydrogen-bond acceptors (Lipinski definition) is 2. The number of hydrogen-bond donors (Lipinski definition) is 1. The molecule has 82 valence electrons. The predicted octanol–water partition coefficient (Wildman–Crippen LogP) is 2.60.